The number of amides is 2. The summed E-state index contributed by atoms with van der Waals surface area (Å²) in [5.74, 6) is -0.456. The van der Waals surface area contributed by atoms with E-state index in [1.54, 1.807) is 24.3 Å². The highest BCUT2D eigenvalue weighted by molar-refractivity contribution is 6.21. The summed E-state index contributed by atoms with van der Waals surface area (Å²) in [5.41, 5.74) is 0.963. The maximum atomic E-state index is 12.3. The van der Waals surface area contributed by atoms with Gasteiger partial charge in [-0.1, -0.05) is 12.1 Å². The average molecular weight is 275 g/mol. The van der Waals surface area contributed by atoms with Crippen LogP contribution in [-0.2, 0) is 9.47 Å². The van der Waals surface area contributed by atoms with Gasteiger partial charge in [0.2, 0.25) is 0 Å². The third kappa shape index (κ3) is 2.23. The quantitative estimate of drug-likeness (QED) is 0.790. The molecular weight excluding hydrogens is 258 g/mol. The van der Waals surface area contributed by atoms with Crippen molar-refractivity contribution < 1.29 is 19.1 Å². The Hall–Kier alpha value is -1.72. The summed E-state index contributed by atoms with van der Waals surface area (Å²) in [6.45, 7) is 3.18. The second-order valence-corrected chi connectivity index (χ2v) is 5.14. The molecule has 20 heavy (non-hydrogen) atoms. The van der Waals surface area contributed by atoms with Gasteiger partial charge in [-0.3, -0.25) is 14.5 Å². The Morgan fingerprint density at radius 1 is 1.15 bits per heavy atom. The fourth-order valence-electron chi connectivity index (χ4n) is 2.66. The number of carbonyl (C=O) groups is 2. The maximum absolute atomic E-state index is 12.3. The van der Waals surface area contributed by atoms with Crippen LogP contribution >= 0.6 is 0 Å². The largest absolute Gasteiger partial charge is 0.353 e. The zero-order chi connectivity index (χ0) is 14.1. The van der Waals surface area contributed by atoms with Gasteiger partial charge in [0, 0.05) is 12.5 Å². The first kappa shape index (κ1) is 13.3. The zero-order valence-electron chi connectivity index (χ0n) is 11.4. The molecule has 2 aliphatic rings. The van der Waals surface area contributed by atoms with Gasteiger partial charge < -0.3 is 9.47 Å². The first-order chi connectivity index (χ1) is 9.68. The van der Waals surface area contributed by atoms with Crippen LogP contribution in [-0.4, -0.2) is 42.3 Å². The maximum Gasteiger partial charge on any atom is 0.261 e. The minimum Gasteiger partial charge on any atom is -0.353 e. The Labute approximate surface area is 117 Å². The molecule has 0 saturated carbocycles. The van der Waals surface area contributed by atoms with Crippen LogP contribution in [0.15, 0.2) is 24.3 Å². The molecule has 5 nitrogen and oxygen atoms in total. The Bertz CT molecular complexity index is 501. The van der Waals surface area contributed by atoms with Gasteiger partial charge in [-0.25, -0.2) is 0 Å². The molecule has 0 spiro atoms. The number of benzene rings is 1. The van der Waals surface area contributed by atoms with Crippen LogP contribution in [0.5, 0.6) is 0 Å². The van der Waals surface area contributed by atoms with Crippen molar-refractivity contribution in [3.05, 3.63) is 35.4 Å². The van der Waals surface area contributed by atoms with Gasteiger partial charge in [-0.05, 0) is 25.5 Å². The smallest absolute Gasteiger partial charge is 0.261 e. The highest BCUT2D eigenvalue weighted by Gasteiger charge is 2.39. The number of hydrogen-bond donors (Lipinski definition) is 0. The predicted molar refractivity (Wildman–Crippen MR) is 71.3 cm³/mol. The minimum absolute atomic E-state index is 0.228. The molecule has 3 rings (SSSR count). The van der Waals surface area contributed by atoms with Crippen LogP contribution in [0.25, 0.3) is 0 Å². The van der Waals surface area contributed by atoms with E-state index in [1.807, 2.05) is 6.92 Å². The number of ether oxygens (including phenoxy) is 2. The minimum atomic E-state index is -0.330. The average Bonchev–Trinajstić information content (AvgIpc) is 2.72. The molecule has 2 amide bonds. The van der Waals surface area contributed by atoms with Crippen molar-refractivity contribution in [2.24, 2.45) is 0 Å². The van der Waals surface area contributed by atoms with Gasteiger partial charge in [0.1, 0.15) is 0 Å². The molecule has 1 saturated heterocycles. The molecule has 0 aliphatic carbocycles. The third-order valence-corrected chi connectivity index (χ3v) is 3.70. The summed E-state index contributed by atoms with van der Waals surface area (Å²) in [7, 11) is 0. The number of carbonyl (C=O) groups excluding carboxylic acids is 2. The molecule has 2 aliphatic heterocycles. The van der Waals surface area contributed by atoms with Crippen molar-refractivity contribution in [2.45, 2.75) is 32.1 Å². The van der Waals surface area contributed by atoms with Crippen molar-refractivity contribution in [2.75, 3.05) is 13.2 Å². The Kier molecular flexibility index (Phi) is 3.54. The van der Waals surface area contributed by atoms with E-state index in [0.717, 1.165) is 6.42 Å². The molecule has 0 radical (unpaired) electrons. The molecular formula is C15H17NO4. The molecule has 0 bridgehead atoms. The molecule has 5 heteroatoms. The van der Waals surface area contributed by atoms with Crippen LogP contribution in [0, 0.1) is 0 Å². The molecule has 106 valence electrons. The van der Waals surface area contributed by atoms with E-state index in [-0.39, 0.29) is 24.1 Å². The van der Waals surface area contributed by atoms with Gasteiger partial charge in [-0.15, -0.1) is 0 Å². The summed E-state index contributed by atoms with van der Waals surface area (Å²) in [6.07, 6.45) is 1.06. The van der Waals surface area contributed by atoms with E-state index in [4.69, 9.17) is 9.47 Å². The molecule has 1 unspecified atom stereocenters. The fourth-order valence-corrected chi connectivity index (χ4v) is 2.66. The fraction of sp³-hybridized carbons (Fsp3) is 0.467. The van der Waals surface area contributed by atoms with Gasteiger partial charge in [0.15, 0.2) is 6.29 Å². The van der Waals surface area contributed by atoms with Crippen molar-refractivity contribution in [1.82, 2.24) is 4.90 Å². The van der Waals surface area contributed by atoms with Crippen molar-refractivity contribution in [3.8, 4) is 0 Å². The second kappa shape index (κ2) is 5.34. The van der Waals surface area contributed by atoms with Crippen LogP contribution < -0.4 is 0 Å². The van der Waals surface area contributed by atoms with Crippen LogP contribution in [0.3, 0.4) is 0 Å². The number of fused-ring (bicyclic) bond motifs is 1. The first-order valence-corrected chi connectivity index (χ1v) is 6.88. The highest BCUT2D eigenvalue weighted by Crippen LogP contribution is 2.26. The van der Waals surface area contributed by atoms with Crippen molar-refractivity contribution in [3.63, 3.8) is 0 Å². The van der Waals surface area contributed by atoms with E-state index >= 15 is 0 Å². The van der Waals surface area contributed by atoms with Crippen LogP contribution in [0.1, 0.15) is 40.5 Å². The number of rotatable bonds is 3. The summed E-state index contributed by atoms with van der Waals surface area (Å²) >= 11 is 0. The lowest BCUT2D eigenvalue weighted by Crippen LogP contribution is -2.41. The molecule has 2 heterocycles. The highest BCUT2D eigenvalue weighted by atomic mass is 16.7. The van der Waals surface area contributed by atoms with Crippen LogP contribution in [0.2, 0.25) is 0 Å². The SMILES string of the molecule is CC(CC1OCCCO1)N1C(=O)c2ccccc2C1=O. The summed E-state index contributed by atoms with van der Waals surface area (Å²) in [5, 5.41) is 0. The lowest BCUT2D eigenvalue weighted by atomic mass is 10.1. The molecule has 0 N–H and O–H groups in total. The van der Waals surface area contributed by atoms with Crippen molar-refractivity contribution >= 4 is 11.8 Å². The summed E-state index contributed by atoms with van der Waals surface area (Å²) in [6, 6.07) is 6.67. The van der Waals surface area contributed by atoms with E-state index in [2.05, 4.69) is 0 Å². The van der Waals surface area contributed by atoms with Gasteiger partial charge in [-0.2, -0.15) is 0 Å². The molecule has 1 aromatic rings. The first-order valence-electron chi connectivity index (χ1n) is 6.88. The Morgan fingerprint density at radius 3 is 2.25 bits per heavy atom. The standard InChI is InChI=1S/C15H17NO4/c1-10(9-13-19-7-4-8-20-13)16-14(17)11-5-2-3-6-12(11)15(16)18/h2-3,5-6,10,13H,4,7-9H2,1H3. The topological polar surface area (TPSA) is 55.8 Å². The van der Waals surface area contributed by atoms with E-state index < -0.39 is 0 Å². The number of imide groups is 1. The Balaban J connectivity index is 1.74. The third-order valence-electron chi connectivity index (χ3n) is 3.70. The van der Waals surface area contributed by atoms with Crippen molar-refractivity contribution in [1.29, 1.82) is 0 Å². The Morgan fingerprint density at radius 2 is 1.70 bits per heavy atom. The van der Waals surface area contributed by atoms with Gasteiger partial charge in [0.05, 0.1) is 24.3 Å². The second-order valence-electron chi connectivity index (χ2n) is 5.14. The predicted octanol–water partition coefficient (Wildman–Crippen LogP) is 1.82. The lowest BCUT2D eigenvalue weighted by molar-refractivity contribution is -0.185. The van der Waals surface area contributed by atoms with Crippen LogP contribution in [0.4, 0.5) is 0 Å². The summed E-state index contributed by atoms with van der Waals surface area (Å²) < 4.78 is 11.0. The summed E-state index contributed by atoms with van der Waals surface area (Å²) in [4.78, 5) is 25.9. The zero-order valence-corrected chi connectivity index (χ0v) is 11.4. The molecule has 0 aromatic heterocycles. The van der Waals surface area contributed by atoms with E-state index in [9.17, 15) is 9.59 Å². The number of hydrogen-bond acceptors (Lipinski definition) is 4. The van der Waals surface area contributed by atoms with E-state index in [1.165, 1.54) is 4.90 Å². The van der Waals surface area contributed by atoms with E-state index in [0.29, 0.717) is 30.8 Å². The molecule has 1 aromatic carbocycles. The monoisotopic (exact) mass is 275 g/mol. The number of nitrogens with zero attached hydrogens (tertiary/aromatic N) is 1. The van der Waals surface area contributed by atoms with Gasteiger partial charge >= 0.3 is 0 Å². The van der Waals surface area contributed by atoms with Gasteiger partial charge in [0.25, 0.3) is 11.8 Å². The lowest BCUT2D eigenvalue weighted by Gasteiger charge is -2.29. The normalized spacial score (nSPS) is 21.1. The molecule has 1 atom stereocenters. The molecule has 1 fully saturated rings.